The number of hydrogen-bond donors (Lipinski definition) is 2. The van der Waals surface area contributed by atoms with Crippen LogP contribution in [0.5, 0.6) is 0 Å². The lowest BCUT2D eigenvalue weighted by atomic mass is 9.80. The Morgan fingerprint density at radius 1 is 1.42 bits per heavy atom. The third-order valence-electron chi connectivity index (χ3n) is 4.77. The van der Waals surface area contributed by atoms with E-state index in [1.165, 1.54) is 0 Å². The van der Waals surface area contributed by atoms with E-state index in [4.69, 9.17) is 5.73 Å². The van der Waals surface area contributed by atoms with E-state index in [-0.39, 0.29) is 22.9 Å². The van der Waals surface area contributed by atoms with Gasteiger partial charge in [0.1, 0.15) is 0 Å². The fourth-order valence-corrected chi connectivity index (χ4v) is 2.35. The molecule has 0 aromatic rings. The van der Waals surface area contributed by atoms with Gasteiger partial charge in [-0.05, 0) is 65.1 Å². The molecule has 112 valence electrons. The van der Waals surface area contributed by atoms with Crippen LogP contribution in [0.2, 0.25) is 0 Å². The molecule has 1 aliphatic heterocycles. The highest BCUT2D eigenvalue weighted by molar-refractivity contribution is 5.82. The molecule has 0 aromatic carbocycles. The number of carbonyl (C=O) groups excluding carboxylic acids is 1. The maximum atomic E-state index is 12.3. The maximum Gasteiger partial charge on any atom is 0.237 e. The zero-order valence-electron chi connectivity index (χ0n) is 13.3. The Balaban J connectivity index is 2.51. The van der Waals surface area contributed by atoms with E-state index in [1.807, 2.05) is 6.92 Å². The van der Waals surface area contributed by atoms with Crippen molar-refractivity contribution in [3.63, 3.8) is 0 Å². The van der Waals surface area contributed by atoms with E-state index in [9.17, 15) is 4.79 Å². The summed E-state index contributed by atoms with van der Waals surface area (Å²) in [6, 6.07) is -0.0480. The molecule has 1 saturated heterocycles. The summed E-state index contributed by atoms with van der Waals surface area (Å²) in [4.78, 5) is 14.5. The molecule has 0 bridgehead atoms. The van der Waals surface area contributed by atoms with Crippen LogP contribution in [-0.4, -0.2) is 42.0 Å². The predicted molar refractivity (Wildman–Crippen MR) is 79.9 cm³/mol. The van der Waals surface area contributed by atoms with Crippen LogP contribution < -0.4 is 11.1 Å². The van der Waals surface area contributed by atoms with Crippen molar-refractivity contribution in [1.82, 2.24) is 10.2 Å². The van der Waals surface area contributed by atoms with E-state index >= 15 is 0 Å². The molecule has 4 nitrogen and oxygen atoms in total. The van der Waals surface area contributed by atoms with Crippen LogP contribution in [0, 0.1) is 5.41 Å². The predicted octanol–water partition coefficient (Wildman–Crippen LogP) is 1.74. The van der Waals surface area contributed by atoms with Gasteiger partial charge in [-0.2, -0.15) is 0 Å². The van der Waals surface area contributed by atoms with Gasteiger partial charge in [0.05, 0.1) is 6.04 Å². The molecule has 1 amide bonds. The van der Waals surface area contributed by atoms with Gasteiger partial charge in [-0.1, -0.05) is 13.8 Å². The first-order valence-corrected chi connectivity index (χ1v) is 7.49. The quantitative estimate of drug-likeness (QED) is 0.799. The van der Waals surface area contributed by atoms with Crippen LogP contribution in [0.1, 0.15) is 53.9 Å². The fraction of sp³-hybridized carbons (Fsp3) is 0.933. The van der Waals surface area contributed by atoms with Crippen molar-refractivity contribution in [3.05, 3.63) is 0 Å². The second-order valence-corrected chi connectivity index (χ2v) is 6.95. The number of nitrogens with zero attached hydrogens (tertiary/aromatic N) is 1. The third kappa shape index (κ3) is 4.46. The van der Waals surface area contributed by atoms with Crippen molar-refractivity contribution in [1.29, 1.82) is 0 Å². The van der Waals surface area contributed by atoms with Crippen molar-refractivity contribution >= 4 is 5.91 Å². The van der Waals surface area contributed by atoms with Gasteiger partial charge in [-0.3, -0.25) is 9.69 Å². The Hall–Kier alpha value is -0.610. The van der Waals surface area contributed by atoms with E-state index in [2.05, 4.69) is 37.9 Å². The summed E-state index contributed by atoms with van der Waals surface area (Å²) >= 11 is 0. The highest BCUT2D eigenvalue weighted by atomic mass is 16.2. The maximum absolute atomic E-state index is 12.3. The molecule has 1 fully saturated rings. The van der Waals surface area contributed by atoms with Gasteiger partial charge in [0.15, 0.2) is 0 Å². The molecule has 0 spiro atoms. The summed E-state index contributed by atoms with van der Waals surface area (Å²) in [6.07, 6.45) is 3.10. The summed E-state index contributed by atoms with van der Waals surface area (Å²) in [5, 5.41) is 3.13. The summed E-state index contributed by atoms with van der Waals surface area (Å²) < 4.78 is 0. The molecule has 0 aromatic heterocycles. The van der Waals surface area contributed by atoms with Crippen LogP contribution in [0.3, 0.4) is 0 Å². The number of carbonyl (C=O) groups is 1. The molecule has 0 radical (unpaired) electrons. The summed E-state index contributed by atoms with van der Waals surface area (Å²) in [7, 11) is 0. The minimum atomic E-state index is -0.118. The first-order chi connectivity index (χ1) is 8.73. The van der Waals surface area contributed by atoms with Gasteiger partial charge in [0, 0.05) is 5.54 Å². The molecule has 4 heteroatoms. The molecule has 19 heavy (non-hydrogen) atoms. The second-order valence-electron chi connectivity index (χ2n) is 6.95. The molecular formula is C15H31N3O. The SMILES string of the molecule is CCC(C)(C)NC(=O)C(C)N1CCC(C)(CN)CC1. The summed E-state index contributed by atoms with van der Waals surface area (Å²) in [5.41, 5.74) is 5.96. The fourth-order valence-electron chi connectivity index (χ4n) is 2.35. The lowest BCUT2D eigenvalue weighted by Gasteiger charge is -2.41. The first kappa shape index (κ1) is 16.4. The van der Waals surface area contributed by atoms with Gasteiger partial charge >= 0.3 is 0 Å². The van der Waals surface area contributed by atoms with Gasteiger partial charge in [-0.25, -0.2) is 0 Å². The number of likely N-dealkylation sites (tertiary alicyclic amines) is 1. The Morgan fingerprint density at radius 2 is 1.95 bits per heavy atom. The van der Waals surface area contributed by atoms with Gasteiger partial charge in [0.2, 0.25) is 5.91 Å². The van der Waals surface area contributed by atoms with Crippen molar-refractivity contribution in [2.75, 3.05) is 19.6 Å². The number of amides is 1. The van der Waals surface area contributed by atoms with Crippen LogP contribution in [-0.2, 0) is 4.79 Å². The van der Waals surface area contributed by atoms with Crippen LogP contribution in [0.15, 0.2) is 0 Å². The third-order valence-corrected chi connectivity index (χ3v) is 4.77. The van der Waals surface area contributed by atoms with E-state index < -0.39 is 0 Å². The van der Waals surface area contributed by atoms with Crippen molar-refractivity contribution in [2.24, 2.45) is 11.1 Å². The molecule has 3 N–H and O–H groups in total. The Labute approximate surface area is 118 Å². The molecular weight excluding hydrogens is 238 g/mol. The lowest BCUT2D eigenvalue weighted by molar-refractivity contribution is -0.128. The normalized spacial score (nSPS) is 22.0. The molecule has 1 atom stereocenters. The molecule has 0 saturated carbocycles. The van der Waals surface area contributed by atoms with E-state index in [0.717, 1.165) is 38.9 Å². The van der Waals surface area contributed by atoms with Crippen LogP contribution in [0.4, 0.5) is 0 Å². The zero-order chi connectivity index (χ0) is 14.7. The largest absolute Gasteiger partial charge is 0.350 e. The van der Waals surface area contributed by atoms with Gasteiger partial charge in [0.25, 0.3) is 0 Å². The van der Waals surface area contributed by atoms with Crippen molar-refractivity contribution in [3.8, 4) is 0 Å². The standard InChI is InChI=1S/C15H31N3O/c1-6-14(3,4)17-13(19)12(2)18-9-7-15(5,11-16)8-10-18/h12H,6-11,16H2,1-5H3,(H,17,19). The van der Waals surface area contributed by atoms with E-state index in [0.29, 0.717) is 0 Å². The molecule has 1 heterocycles. The summed E-state index contributed by atoms with van der Waals surface area (Å²) in [5.74, 6) is 0.142. The Bertz CT molecular complexity index is 307. The number of hydrogen-bond acceptors (Lipinski definition) is 3. The molecule has 1 rings (SSSR count). The minimum Gasteiger partial charge on any atom is -0.350 e. The molecule has 1 unspecified atom stereocenters. The smallest absolute Gasteiger partial charge is 0.237 e. The van der Waals surface area contributed by atoms with E-state index in [1.54, 1.807) is 0 Å². The number of rotatable bonds is 5. The lowest BCUT2D eigenvalue weighted by Crippen LogP contribution is -2.54. The van der Waals surface area contributed by atoms with Crippen LogP contribution >= 0.6 is 0 Å². The summed E-state index contributed by atoms with van der Waals surface area (Å²) in [6.45, 7) is 13.2. The zero-order valence-corrected chi connectivity index (χ0v) is 13.3. The second kappa shape index (κ2) is 6.23. The van der Waals surface area contributed by atoms with Crippen molar-refractivity contribution < 1.29 is 4.79 Å². The van der Waals surface area contributed by atoms with Gasteiger partial charge < -0.3 is 11.1 Å². The van der Waals surface area contributed by atoms with Crippen molar-refractivity contribution in [2.45, 2.75) is 65.5 Å². The average molecular weight is 269 g/mol. The Kier molecular flexibility index (Phi) is 5.39. The molecule has 0 aliphatic carbocycles. The topological polar surface area (TPSA) is 58.4 Å². The molecule has 1 aliphatic rings. The monoisotopic (exact) mass is 269 g/mol. The first-order valence-electron chi connectivity index (χ1n) is 7.49. The minimum absolute atomic E-state index is 0.0480. The average Bonchev–Trinajstić information content (AvgIpc) is 2.38. The number of nitrogens with two attached hydrogens (primary N) is 1. The highest BCUT2D eigenvalue weighted by Crippen LogP contribution is 2.30. The van der Waals surface area contributed by atoms with Crippen LogP contribution in [0.25, 0.3) is 0 Å². The Morgan fingerprint density at radius 3 is 2.37 bits per heavy atom. The van der Waals surface area contributed by atoms with Gasteiger partial charge in [-0.15, -0.1) is 0 Å². The number of piperidine rings is 1. The number of nitrogens with one attached hydrogen (secondary N) is 1. The highest BCUT2D eigenvalue weighted by Gasteiger charge is 2.33.